The summed E-state index contributed by atoms with van der Waals surface area (Å²) in [4.78, 5) is 12.7. The molecule has 104 valence electrons. The average molecular weight is 300 g/mol. The molecule has 2 rings (SSSR count). The van der Waals surface area contributed by atoms with E-state index >= 15 is 0 Å². The second-order valence-corrected chi connectivity index (χ2v) is 6.31. The van der Waals surface area contributed by atoms with Gasteiger partial charge in [0, 0.05) is 15.7 Å². The highest BCUT2D eigenvalue weighted by atomic mass is 35.5. The standard InChI is InChI=1S/C14H18ClNO2S/c1-2-16-14(13(17)18,10-6-7-10)9-19-12-5-3-4-11(15)8-12/h3-5,8,10,16H,2,6-7,9H2,1H3,(H,17,18). The summed E-state index contributed by atoms with van der Waals surface area (Å²) in [6, 6.07) is 7.54. The lowest BCUT2D eigenvalue weighted by Crippen LogP contribution is -2.56. The first-order chi connectivity index (χ1) is 9.08. The number of aliphatic carboxylic acids is 1. The molecular formula is C14H18ClNO2S. The Balaban J connectivity index is 2.10. The highest BCUT2D eigenvalue weighted by Gasteiger charge is 2.50. The van der Waals surface area contributed by atoms with E-state index in [0.717, 1.165) is 17.7 Å². The molecule has 0 radical (unpaired) electrons. The van der Waals surface area contributed by atoms with Crippen LogP contribution >= 0.6 is 23.4 Å². The molecular weight excluding hydrogens is 282 g/mol. The third kappa shape index (κ3) is 3.44. The van der Waals surface area contributed by atoms with E-state index in [9.17, 15) is 9.90 Å². The number of hydrogen-bond donors (Lipinski definition) is 2. The van der Waals surface area contributed by atoms with E-state index in [1.54, 1.807) is 11.8 Å². The first kappa shape index (κ1) is 14.7. The molecule has 1 unspecified atom stereocenters. The van der Waals surface area contributed by atoms with Gasteiger partial charge in [-0.05, 0) is 43.5 Å². The van der Waals surface area contributed by atoms with Gasteiger partial charge in [0.1, 0.15) is 5.54 Å². The summed E-state index contributed by atoms with van der Waals surface area (Å²) >= 11 is 7.50. The van der Waals surface area contributed by atoms with E-state index in [1.807, 2.05) is 31.2 Å². The average Bonchev–Trinajstić information content (AvgIpc) is 3.19. The molecule has 1 aliphatic carbocycles. The Morgan fingerprint density at radius 3 is 2.84 bits per heavy atom. The van der Waals surface area contributed by atoms with Crippen molar-refractivity contribution >= 4 is 29.3 Å². The lowest BCUT2D eigenvalue weighted by Gasteiger charge is -2.30. The van der Waals surface area contributed by atoms with Crippen molar-refractivity contribution in [3.05, 3.63) is 29.3 Å². The third-order valence-corrected chi connectivity index (χ3v) is 4.83. The Morgan fingerprint density at radius 1 is 1.58 bits per heavy atom. The van der Waals surface area contributed by atoms with E-state index in [-0.39, 0.29) is 5.92 Å². The van der Waals surface area contributed by atoms with Crippen molar-refractivity contribution in [1.29, 1.82) is 0 Å². The number of benzene rings is 1. The van der Waals surface area contributed by atoms with Gasteiger partial charge in [0.15, 0.2) is 0 Å². The minimum atomic E-state index is -0.804. The van der Waals surface area contributed by atoms with Gasteiger partial charge in [-0.25, -0.2) is 0 Å². The summed E-state index contributed by atoms with van der Waals surface area (Å²) in [6.07, 6.45) is 1.99. The number of hydrogen-bond acceptors (Lipinski definition) is 3. The summed E-state index contributed by atoms with van der Waals surface area (Å²) in [5.41, 5.74) is -0.804. The van der Waals surface area contributed by atoms with Crippen LogP contribution in [0.3, 0.4) is 0 Å². The molecule has 0 spiro atoms. The lowest BCUT2D eigenvalue weighted by atomic mass is 9.96. The number of halogens is 1. The van der Waals surface area contributed by atoms with E-state index in [4.69, 9.17) is 11.6 Å². The van der Waals surface area contributed by atoms with Crippen molar-refractivity contribution in [2.45, 2.75) is 30.2 Å². The Bertz CT molecular complexity index is 465. The molecule has 3 nitrogen and oxygen atoms in total. The summed E-state index contributed by atoms with van der Waals surface area (Å²) in [7, 11) is 0. The number of carboxylic acid groups (broad SMARTS) is 1. The molecule has 2 N–H and O–H groups in total. The van der Waals surface area contributed by atoms with Crippen molar-refractivity contribution in [1.82, 2.24) is 5.32 Å². The molecule has 5 heteroatoms. The van der Waals surface area contributed by atoms with Crippen LogP contribution in [-0.2, 0) is 4.79 Å². The second-order valence-electron chi connectivity index (χ2n) is 4.83. The fourth-order valence-electron chi connectivity index (χ4n) is 2.27. The normalized spacial score (nSPS) is 18.0. The van der Waals surface area contributed by atoms with Crippen LogP contribution in [0.25, 0.3) is 0 Å². The van der Waals surface area contributed by atoms with Crippen molar-refractivity contribution in [2.24, 2.45) is 5.92 Å². The van der Waals surface area contributed by atoms with Gasteiger partial charge >= 0.3 is 5.97 Å². The van der Waals surface area contributed by atoms with Gasteiger partial charge in [-0.2, -0.15) is 0 Å². The molecule has 0 bridgehead atoms. The van der Waals surface area contributed by atoms with E-state index in [1.165, 1.54) is 0 Å². The SMILES string of the molecule is CCNC(CSc1cccc(Cl)c1)(C(=O)O)C1CC1. The molecule has 0 heterocycles. The zero-order chi connectivity index (χ0) is 13.9. The fourth-order valence-corrected chi connectivity index (χ4v) is 3.77. The quantitative estimate of drug-likeness (QED) is 0.759. The topological polar surface area (TPSA) is 49.3 Å². The molecule has 19 heavy (non-hydrogen) atoms. The number of nitrogens with one attached hydrogen (secondary N) is 1. The summed E-state index contributed by atoms with van der Waals surface area (Å²) < 4.78 is 0. The minimum absolute atomic E-state index is 0.247. The summed E-state index contributed by atoms with van der Waals surface area (Å²) in [5, 5.41) is 13.5. The van der Waals surface area contributed by atoms with Crippen LogP contribution in [0.5, 0.6) is 0 Å². The van der Waals surface area contributed by atoms with Crippen molar-refractivity contribution in [2.75, 3.05) is 12.3 Å². The van der Waals surface area contributed by atoms with Crippen LogP contribution in [0.2, 0.25) is 5.02 Å². The summed E-state index contributed by atoms with van der Waals surface area (Å²) in [5.74, 6) is 0.0317. The van der Waals surface area contributed by atoms with Gasteiger partial charge in [-0.1, -0.05) is 24.6 Å². The Hall–Kier alpha value is -0.710. The number of carboxylic acids is 1. The highest BCUT2D eigenvalue weighted by Crippen LogP contribution is 2.42. The van der Waals surface area contributed by atoms with E-state index in [2.05, 4.69) is 5.32 Å². The summed E-state index contributed by atoms with van der Waals surface area (Å²) in [6.45, 7) is 2.61. The largest absolute Gasteiger partial charge is 0.480 e. The minimum Gasteiger partial charge on any atom is -0.480 e. The third-order valence-electron chi connectivity index (χ3n) is 3.41. The Morgan fingerprint density at radius 2 is 2.32 bits per heavy atom. The van der Waals surface area contributed by atoms with Crippen molar-refractivity contribution in [3.63, 3.8) is 0 Å². The van der Waals surface area contributed by atoms with Gasteiger partial charge in [0.05, 0.1) is 0 Å². The maximum atomic E-state index is 11.7. The van der Waals surface area contributed by atoms with Gasteiger partial charge in [0.2, 0.25) is 0 Å². The van der Waals surface area contributed by atoms with Gasteiger partial charge < -0.3 is 10.4 Å². The molecule has 1 atom stereocenters. The fraction of sp³-hybridized carbons (Fsp3) is 0.500. The molecule has 1 aromatic carbocycles. The van der Waals surface area contributed by atoms with Crippen LogP contribution in [0.1, 0.15) is 19.8 Å². The van der Waals surface area contributed by atoms with Crippen molar-refractivity contribution < 1.29 is 9.90 Å². The second kappa shape index (κ2) is 6.16. The number of thioether (sulfide) groups is 1. The highest BCUT2D eigenvalue weighted by molar-refractivity contribution is 7.99. The molecule has 0 aromatic heterocycles. The lowest BCUT2D eigenvalue weighted by molar-refractivity contribution is -0.144. The van der Waals surface area contributed by atoms with Gasteiger partial charge in [-0.15, -0.1) is 11.8 Å². The van der Waals surface area contributed by atoms with Gasteiger partial charge in [0.25, 0.3) is 0 Å². The molecule has 0 aliphatic heterocycles. The smallest absolute Gasteiger partial charge is 0.325 e. The first-order valence-corrected chi connectivity index (χ1v) is 7.81. The predicted octanol–water partition coefficient (Wildman–Crippen LogP) is 3.28. The monoisotopic (exact) mass is 299 g/mol. The van der Waals surface area contributed by atoms with Crippen LogP contribution in [0.4, 0.5) is 0 Å². The van der Waals surface area contributed by atoms with E-state index < -0.39 is 11.5 Å². The number of rotatable bonds is 7. The predicted molar refractivity (Wildman–Crippen MR) is 78.9 cm³/mol. The Kier molecular flexibility index (Phi) is 4.76. The zero-order valence-corrected chi connectivity index (χ0v) is 12.4. The number of likely N-dealkylation sites (N-methyl/N-ethyl adjacent to an activating group) is 1. The molecule has 1 saturated carbocycles. The number of carbonyl (C=O) groups is 1. The van der Waals surface area contributed by atoms with Gasteiger partial charge in [-0.3, -0.25) is 4.79 Å². The van der Waals surface area contributed by atoms with E-state index in [0.29, 0.717) is 17.3 Å². The van der Waals surface area contributed by atoms with Crippen molar-refractivity contribution in [3.8, 4) is 0 Å². The van der Waals surface area contributed by atoms with Crippen LogP contribution in [0, 0.1) is 5.92 Å². The maximum Gasteiger partial charge on any atom is 0.325 e. The Labute approximate surface area is 122 Å². The zero-order valence-electron chi connectivity index (χ0n) is 10.9. The molecule has 0 amide bonds. The van der Waals surface area contributed by atoms with Crippen LogP contribution < -0.4 is 5.32 Å². The molecule has 1 aromatic rings. The van der Waals surface area contributed by atoms with Crippen LogP contribution in [-0.4, -0.2) is 28.9 Å². The molecule has 1 aliphatic rings. The molecule has 0 saturated heterocycles. The van der Waals surface area contributed by atoms with Crippen LogP contribution in [0.15, 0.2) is 29.2 Å². The first-order valence-electron chi connectivity index (χ1n) is 6.45. The maximum absolute atomic E-state index is 11.7. The molecule has 1 fully saturated rings.